The smallest absolute Gasteiger partial charge is 0.251 e. The minimum atomic E-state index is -0.0896. The summed E-state index contributed by atoms with van der Waals surface area (Å²) in [6.07, 6.45) is 0. The van der Waals surface area contributed by atoms with Crippen molar-refractivity contribution in [3.8, 4) is 11.5 Å². The maximum Gasteiger partial charge on any atom is 0.251 e. The fraction of sp³-hybridized carbons (Fsp3) is 0.136. The molecule has 5 heteroatoms. The highest BCUT2D eigenvalue weighted by Crippen LogP contribution is 2.30. The van der Waals surface area contributed by atoms with Crippen LogP contribution in [0.3, 0.4) is 0 Å². The van der Waals surface area contributed by atoms with Crippen LogP contribution >= 0.6 is 11.6 Å². The summed E-state index contributed by atoms with van der Waals surface area (Å²) in [6, 6.07) is 22.8. The van der Waals surface area contributed by atoms with Crippen molar-refractivity contribution in [1.29, 1.82) is 0 Å². The lowest BCUT2D eigenvalue weighted by Crippen LogP contribution is -2.18. The monoisotopic (exact) mass is 380 g/mol. The van der Waals surface area contributed by atoms with Gasteiger partial charge < -0.3 is 15.4 Å². The van der Waals surface area contributed by atoms with Crippen LogP contribution in [0.4, 0.5) is 0 Å². The summed E-state index contributed by atoms with van der Waals surface area (Å²) < 4.78 is 5.98. The van der Waals surface area contributed by atoms with Crippen molar-refractivity contribution < 1.29 is 9.53 Å². The number of nitrogens with one attached hydrogen (secondary N) is 2. The fourth-order valence-corrected chi connectivity index (χ4v) is 2.90. The number of rotatable bonds is 7. The number of hydrogen-bond donors (Lipinski definition) is 2. The summed E-state index contributed by atoms with van der Waals surface area (Å²) in [7, 11) is 1.62. The average Bonchev–Trinajstić information content (AvgIpc) is 2.71. The second kappa shape index (κ2) is 9.21. The Hall–Kier alpha value is -2.82. The molecule has 4 nitrogen and oxygen atoms in total. The number of halogens is 1. The van der Waals surface area contributed by atoms with Crippen LogP contribution in [0, 0.1) is 0 Å². The van der Waals surface area contributed by atoms with E-state index in [4.69, 9.17) is 16.3 Å². The molecule has 3 aromatic carbocycles. The average molecular weight is 381 g/mol. The Morgan fingerprint density at radius 2 is 1.67 bits per heavy atom. The largest absolute Gasteiger partial charge is 0.457 e. The molecule has 3 rings (SSSR count). The Balaban J connectivity index is 1.65. The predicted molar refractivity (Wildman–Crippen MR) is 108 cm³/mol. The molecule has 0 aliphatic rings. The highest BCUT2D eigenvalue weighted by molar-refractivity contribution is 6.31. The number of para-hydroxylation sites is 1. The van der Waals surface area contributed by atoms with Gasteiger partial charge in [-0.2, -0.15) is 0 Å². The van der Waals surface area contributed by atoms with Crippen LogP contribution in [0.5, 0.6) is 11.5 Å². The van der Waals surface area contributed by atoms with Gasteiger partial charge in [0, 0.05) is 36.3 Å². The molecular formula is C22H21ClN2O2. The molecular weight excluding hydrogens is 360 g/mol. The summed E-state index contributed by atoms with van der Waals surface area (Å²) in [5.74, 6) is 1.41. The van der Waals surface area contributed by atoms with Crippen molar-refractivity contribution in [2.75, 3.05) is 7.05 Å². The summed E-state index contributed by atoms with van der Waals surface area (Å²) in [4.78, 5) is 11.6. The summed E-state index contributed by atoms with van der Waals surface area (Å²) >= 11 is 6.38. The van der Waals surface area contributed by atoms with Crippen LogP contribution in [-0.2, 0) is 13.1 Å². The highest BCUT2D eigenvalue weighted by Gasteiger charge is 2.09. The van der Waals surface area contributed by atoms with Crippen molar-refractivity contribution in [2.24, 2.45) is 0 Å². The lowest BCUT2D eigenvalue weighted by molar-refractivity contribution is 0.0963. The van der Waals surface area contributed by atoms with Crippen molar-refractivity contribution in [2.45, 2.75) is 13.1 Å². The minimum absolute atomic E-state index is 0.0896. The molecule has 0 heterocycles. The predicted octanol–water partition coefficient (Wildman–Crippen LogP) is 4.78. The van der Waals surface area contributed by atoms with Crippen LogP contribution in [0.2, 0.25) is 5.02 Å². The van der Waals surface area contributed by atoms with Crippen molar-refractivity contribution >= 4 is 17.5 Å². The van der Waals surface area contributed by atoms with E-state index in [9.17, 15) is 4.79 Å². The zero-order chi connectivity index (χ0) is 19.1. The zero-order valence-electron chi connectivity index (χ0n) is 15.0. The molecule has 27 heavy (non-hydrogen) atoms. The Bertz CT molecular complexity index is 896. The van der Waals surface area contributed by atoms with Gasteiger partial charge in [-0.25, -0.2) is 0 Å². The first-order valence-corrected chi connectivity index (χ1v) is 9.07. The summed E-state index contributed by atoms with van der Waals surface area (Å²) in [6.45, 7) is 1.23. The molecule has 2 N–H and O–H groups in total. The summed E-state index contributed by atoms with van der Waals surface area (Å²) in [5, 5.41) is 6.66. The third-order valence-corrected chi connectivity index (χ3v) is 4.48. The molecule has 138 valence electrons. The van der Waals surface area contributed by atoms with E-state index in [1.54, 1.807) is 7.05 Å². The van der Waals surface area contributed by atoms with E-state index in [2.05, 4.69) is 10.6 Å². The Morgan fingerprint density at radius 3 is 2.37 bits per heavy atom. The van der Waals surface area contributed by atoms with E-state index >= 15 is 0 Å². The number of benzene rings is 3. The van der Waals surface area contributed by atoms with Crippen LogP contribution < -0.4 is 15.4 Å². The SMILES string of the molecule is CNC(=O)c1ccc(CNCc2c(Cl)cccc2Oc2ccccc2)cc1. The van der Waals surface area contributed by atoms with Crippen LogP contribution in [0.1, 0.15) is 21.5 Å². The van der Waals surface area contributed by atoms with Gasteiger partial charge in [-0.3, -0.25) is 4.79 Å². The van der Waals surface area contributed by atoms with E-state index in [1.165, 1.54) is 0 Å². The molecule has 0 aliphatic heterocycles. The molecule has 0 fully saturated rings. The Labute approximate surface area is 164 Å². The molecule has 0 saturated heterocycles. The topological polar surface area (TPSA) is 50.4 Å². The number of amides is 1. The quantitative estimate of drug-likeness (QED) is 0.620. The molecule has 0 spiro atoms. The van der Waals surface area contributed by atoms with Gasteiger partial charge in [-0.1, -0.05) is 48.0 Å². The maximum atomic E-state index is 11.6. The van der Waals surface area contributed by atoms with Crippen molar-refractivity contribution in [3.63, 3.8) is 0 Å². The third kappa shape index (κ3) is 5.09. The molecule has 0 aromatic heterocycles. The molecule has 0 unspecified atom stereocenters. The van der Waals surface area contributed by atoms with Gasteiger partial charge in [0.15, 0.2) is 0 Å². The lowest BCUT2D eigenvalue weighted by Gasteiger charge is -2.14. The lowest BCUT2D eigenvalue weighted by atomic mass is 10.1. The van der Waals surface area contributed by atoms with Crippen LogP contribution in [-0.4, -0.2) is 13.0 Å². The van der Waals surface area contributed by atoms with Crippen molar-refractivity contribution in [1.82, 2.24) is 10.6 Å². The zero-order valence-corrected chi connectivity index (χ0v) is 15.8. The van der Waals surface area contributed by atoms with Gasteiger partial charge in [-0.15, -0.1) is 0 Å². The van der Waals surface area contributed by atoms with Gasteiger partial charge >= 0.3 is 0 Å². The van der Waals surface area contributed by atoms with Gasteiger partial charge in [0.2, 0.25) is 0 Å². The van der Waals surface area contributed by atoms with E-state index in [0.29, 0.717) is 23.7 Å². The standard InChI is InChI=1S/C22H21ClN2O2/c1-24-22(26)17-12-10-16(11-13-17)14-25-15-19-20(23)8-5-9-21(19)27-18-6-3-2-4-7-18/h2-13,25H,14-15H2,1H3,(H,24,26). The molecule has 0 atom stereocenters. The van der Waals surface area contributed by atoms with Crippen LogP contribution in [0.15, 0.2) is 72.8 Å². The molecule has 0 saturated carbocycles. The molecule has 0 radical (unpaired) electrons. The molecule has 0 aliphatic carbocycles. The molecule has 1 amide bonds. The molecule has 3 aromatic rings. The second-order valence-corrected chi connectivity index (χ2v) is 6.42. The Kier molecular flexibility index (Phi) is 6.47. The van der Waals surface area contributed by atoms with Gasteiger partial charge in [0.05, 0.1) is 0 Å². The number of ether oxygens (including phenoxy) is 1. The second-order valence-electron chi connectivity index (χ2n) is 6.01. The van der Waals surface area contributed by atoms with Gasteiger partial charge in [0.25, 0.3) is 5.91 Å². The Morgan fingerprint density at radius 1 is 0.926 bits per heavy atom. The number of carbonyl (C=O) groups excluding carboxylic acids is 1. The van der Waals surface area contributed by atoms with E-state index in [0.717, 1.165) is 22.6 Å². The van der Waals surface area contributed by atoms with E-state index in [-0.39, 0.29) is 5.91 Å². The van der Waals surface area contributed by atoms with Gasteiger partial charge in [0.1, 0.15) is 11.5 Å². The number of carbonyl (C=O) groups is 1. The fourth-order valence-electron chi connectivity index (χ4n) is 2.67. The summed E-state index contributed by atoms with van der Waals surface area (Å²) in [5.41, 5.74) is 2.64. The van der Waals surface area contributed by atoms with Crippen molar-refractivity contribution in [3.05, 3.63) is 94.5 Å². The number of hydrogen-bond acceptors (Lipinski definition) is 3. The minimum Gasteiger partial charge on any atom is -0.457 e. The first kappa shape index (κ1) is 19.0. The molecule has 0 bridgehead atoms. The van der Waals surface area contributed by atoms with Crippen LogP contribution in [0.25, 0.3) is 0 Å². The maximum absolute atomic E-state index is 11.6. The first-order chi connectivity index (χ1) is 13.2. The van der Waals surface area contributed by atoms with E-state index in [1.807, 2.05) is 72.8 Å². The van der Waals surface area contributed by atoms with E-state index < -0.39 is 0 Å². The first-order valence-electron chi connectivity index (χ1n) is 8.69. The normalized spacial score (nSPS) is 10.4. The van der Waals surface area contributed by atoms with Gasteiger partial charge in [-0.05, 0) is 42.0 Å². The highest BCUT2D eigenvalue weighted by atomic mass is 35.5. The third-order valence-electron chi connectivity index (χ3n) is 4.12.